The summed E-state index contributed by atoms with van der Waals surface area (Å²) in [5.41, 5.74) is 0. The van der Waals surface area contributed by atoms with Gasteiger partial charge in [0.15, 0.2) is 0 Å². The maximum atomic E-state index is 12.5. The van der Waals surface area contributed by atoms with Crippen molar-refractivity contribution >= 4 is 41.3 Å². The summed E-state index contributed by atoms with van der Waals surface area (Å²) in [6, 6.07) is 3.84. The molecule has 1 aliphatic rings. The van der Waals surface area contributed by atoms with Gasteiger partial charge in [0.05, 0.1) is 10.3 Å². The summed E-state index contributed by atoms with van der Waals surface area (Å²) >= 11 is 7.46. The second kappa shape index (κ2) is 8.99. The number of hydrogen-bond acceptors (Lipinski definition) is 3. The van der Waals surface area contributed by atoms with Crippen LogP contribution >= 0.6 is 35.3 Å². The lowest BCUT2D eigenvalue weighted by Gasteiger charge is -2.33. The molecule has 0 spiro atoms. The molecule has 1 aromatic heterocycles. The smallest absolute Gasteiger partial charge is 0.230 e. The van der Waals surface area contributed by atoms with Crippen molar-refractivity contribution in [3.63, 3.8) is 0 Å². The van der Waals surface area contributed by atoms with Crippen LogP contribution < -0.4 is 5.32 Å². The van der Waals surface area contributed by atoms with Crippen molar-refractivity contribution in [2.45, 2.75) is 32.1 Å². The number of halogens is 2. The fourth-order valence-electron chi connectivity index (χ4n) is 2.75. The van der Waals surface area contributed by atoms with Crippen molar-refractivity contribution in [2.24, 2.45) is 5.92 Å². The van der Waals surface area contributed by atoms with E-state index in [1.165, 1.54) is 17.8 Å². The molecule has 1 aromatic rings. The van der Waals surface area contributed by atoms with Gasteiger partial charge >= 0.3 is 0 Å². The van der Waals surface area contributed by atoms with Gasteiger partial charge in [-0.2, -0.15) is 0 Å². The normalized spacial score (nSPS) is 17.4. The zero-order valence-electron chi connectivity index (χ0n) is 12.6. The van der Waals surface area contributed by atoms with E-state index in [4.69, 9.17) is 11.6 Å². The molecule has 1 unspecified atom stereocenters. The molecule has 0 radical (unpaired) electrons. The number of piperidine rings is 1. The summed E-state index contributed by atoms with van der Waals surface area (Å²) in [6.45, 7) is 4.85. The number of amides is 1. The number of hydrogen-bond donors (Lipinski definition) is 1. The van der Waals surface area contributed by atoms with Crippen LogP contribution in [0, 0.1) is 5.92 Å². The first kappa shape index (κ1) is 18.8. The highest BCUT2D eigenvalue weighted by molar-refractivity contribution is 7.16. The van der Waals surface area contributed by atoms with Gasteiger partial charge in [0, 0.05) is 18.0 Å². The summed E-state index contributed by atoms with van der Waals surface area (Å²) in [5, 5.41) is 3.20. The van der Waals surface area contributed by atoms with E-state index in [1.807, 2.05) is 31.0 Å². The Balaban J connectivity index is 0.00000220. The van der Waals surface area contributed by atoms with Gasteiger partial charge in [0.25, 0.3) is 0 Å². The monoisotopic (exact) mass is 350 g/mol. The van der Waals surface area contributed by atoms with E-state index in [9.17, 15) is 4.79 Å². The number of nitrogens with one attached hydrogen (secondary N) is 1. The van der Waals surface area contributed by atoms with Crippen molar-refractivity contribution in [3.05, 3.63) is 21.3 Å². The molecule has 0 saturated carbocycles. The van der Waals surface area contributed by atoms with E-state index in [-0.39, 0.29) is 24.2 Å². The molecule has 6 heteroatoms. The lowest BCUT2D eigenvalue weighted by Crippen LogP contribution is -2.40. The first-order chi connectivity index (χ1) is 9.61. The number of thiophene rings is 1. The molecule has 0 bridgehead atoms. The van der Waals surface area contributed by atoms with Crippen molar-refractivity contribution < 1.29 is 4.79 Å². The molecule has 1 fully saturated rings. The number of carbonyl (C=O) groups excluding carboxylic acids is 1. The van der Waals surface area contributed by atoms with Crippen molar-refractivity contribution in [1.82, 2.24) is 10.2 Å². The van der Waals surface area contributed by atoms with Gasteiger partial charge in [-0.3, -0.25) is 4.79 Å². The van der Waals surface area contributed by atoms with Gasteiger partial charge in [-0.15, -0.1) is 23.7 Å². The molecule has 1 aliphatic heterocycles. The topological polar surface area (TPSA) is 32.3 Å². The Kier molecular flexibility index (Phi) is 8.03. The molecule has 1 N–H and O–H groups in total. The van der Waals surface area contributed by atoms with Gasteiger partial charge in [0.1, 0.15) is 0 Å². The molecule has 3 nitrogen and oxygen atoms in total. The molecular weight excluding hydrogens is 327 g/mol. The lowest BCUT2D eigenvalue weighted by atomic mass is 9.93. The highest BCUT2D eigenvalue weighted by atomic mass is 35.5. The maximum Gasteiger partial charge on any atom is 0.230 e. The van der Waals surface area contributed by atoms with Crippen LogP contribution in [0.25, 0.3) is 0 Å². The summed E-state index contributed by atoms with van der Waals surface area (Å²) in [5.74, 6) is 0.940. The molecule has 120 valence electrons. The summed E-state index contributed by atoms with van der Waals surface area (Å²) in [7, 11) is 1.99. The molecule has 2 rings (SSSR count). The van der Waals surface area contributed by atoms with E-state index < -0.39 is 0 Å². The summed E-state index contributed by atoms with van der Waals surface area (Å²) < 4.78 is 0.755. The van der Waals surface area contributed by atoms with E-state index in [0.29, 0.717) is 0 Å². The van der Waals surface area contributed by atoms with E-state index in [2.05, 4.69) is 5.32 Å². The average molecular weight is 351 g/mol. The maximum absolute atomic E-state index is 12.5. The first-order valence-corrected chi connectivity index (χ1v) is 8.50. The minimum absolute atomic E-state index is 0. The number of likely N-dealkylation sites (tertiary alicyclic amines) is 1. The van der Waals surface area contributed by atoms with Gasteiger partial charge in [-0.1, -0.05) is 11.6 Å². The van der Waals surface area contributed by atoms with Gasteiger partial charge in [-0.05, 0) is 57.8 Å². The predicted molar refractivity (Wildman–Crippen MR) is 92.8 cm³/mol. The Morgan fingerprint density at radius 2 is 2.14 bits per heavy atom. The second-order valence-corrected chi connectivity index (χ2v) is 7.27. The number of carbonyl (C=O) groups is 1. The summed E-state index contributed by atoms with van der Waals surface area (Å²) in [4.78, 5) is 15.6. The molecule has 0 aromatic carbocycles. The molecule has 0 aliphatic carbocycles. The standard InChI is InChI=1S/C15H23ClN2OS.ClH/c1-11(13-3-4-14(16)20-13)15(19)18-9-6-12(7-10-18)5-8-17-2;/h3-4,11-12,17H,5-10H2,1-2H3;1H. The minimum Gasteiger partial charge on any atom is -0.342 e. The average Bonchev–Trinajstić information content (AvgIpc) is 2.90. The van der Waals surface area contributed by atoms with Crippen LogP contribution in [0.2, 0.25) is 4.34 Å². The third-order valence-corrected chi connectivity index (χ3v) is 5.53. The molecule has 2 heterocycles. The molecule has 21 heavy (non-hydrogen) atoms. The van der Waals surface area contributed by atoms with E-state index >= 15 is 0 Å². The highest BCUT2D eigenvalue weighted by Crippen LogP contribution is 2.30. The third kappa shape index (κ3) is 5.13. The van der Waals surface area contributed by atoms with Crippen LogP contribution in [0.15, 0.2) is 12.1 Å². The van der Waals surface area contributed by atoms with Gasteiger partial charge < -0.3 is 10.2 Å². The molecule has 1 saturated heterocycles. The van der Waals surface area contributed by atoms with Crippen LogP contribution in [-0.2, 0) is 4.79 Å². The Labute approximate surface area is 142 Å². The van der Waals surface area contributed by atoms with Gasteiger partial charge in [0.2, 0.25) is 5.91 Å². The zero-order valence-corrected chi connectivity index (χ0v) is 15.0. The van der Waals surface area contributed by atoms with Crippen LogP contribution in [0.3, 0.4) is 0 Å². The quantitative estimate of drug-likeness (QED) is 0.876. The molecule has 1 amide bonds. The summed E-state index contributed by atoms with van der Waals surface area (Å²) in [6.07, 6.45) is 3.48. The first-order valence-electron chi connectivity index (χ1n) is 7.30. The molecule has 1 atom stereocenters. The second-order valence-electron chi connectivity index (χ2n) is 5.52. The Hall–Kier alpha value is -0.290. The Morgan fingerprint density at radius 1 is 1.48 bits per heavy atom. The predicted octanol–water partition coefficient (Wildman–Crippen LogP) is 3.77. The number of rotatable bonds is 5. The lowest BCUT2D eigenvalue weighted by molar-refractivity contribution is -0.133. The Bertz CT molecular complexity index is 445. The van der Waals surface area contributed by atoms with Gasteiger partial charge in [-0.25, -0.2) is 0 Å². The number of nitrogens with zero attached hydrogens (tertiary/aromatic N) is 1. The zero-order chi connectivity index (χ0) is 14.5. The third-order valence-electron chi connectivity index (χ3n) is 4.12. The van der Waals surface area contributed by atoms with Crippen LogP contribution in [0.1, 0.15) is 37.0 Å². The highest BCUT2D eigenvalue weighted by Gasteiger charge is 2.27. The fraction of sp³-hybridized carbons (Fsp3) is 0.667. The SMILES string of the molecule is CNCCC1CCN(C(=O)C(C)c2ccc(Cl)s2)CC1.Cl. The van der Waals surface area contributed by atoms with Crippen LogP contribution in [-0.4, -0.2) is 37.5 Å². The van der Waals surface area contributed by atoms with E-state index in [1.54, 1.807) is 0 Å². The minimum atomic E-state index is -0.0682. The van der Waals surface area contributed by atoms with Crippen molar-refractivity contribution in [2.75, 3.05) is 26.7 Å². The van der Waals surface area contributed by atoms with Crippen molar-refractivity contribution in [1.29, 1.82) is 0 Å². The van der Waals surface area contributed by atoms with Crippen LogP contribution in [0.5, 0.6) is 0 Å². The molecular formula is C15H24Cl2N2OS. The van der Waals surface area contributed by atoms with E-state index in [0.717, 1.165) is 47.6 Å². The Morgan fingerprint density at radius 3 is 2.67 bits per heavy atom. The fourth-order valence-corrected chi connectivity index (χ4v) is 3.85. The largest absolute Gasteiger partial charge is 0.342 e. The van der Waals surface area contributed by atoms with Crippen LogP contribution in [0.4, 0.5) is 0 Å². The van der Waals surface area contributed by atoms with Crippen molar-refractivity contribution in [3.8, 4) is 0 Å².